The fraction of sp³-hybridized carbons (Fsp3) is 0.429. The maximum absolute atomic E-state index is 3.80. The first-order valence-corrected chi connectivity index (χ1v) is 5.35. The predicted molar refractivity (Wildman–Crippen MR) is 65.9 cm³/mol. The molecule has 1 aromatic rings. The van der Waals surface area contributed by atoms with Crippen molar-refractivity contribution in [2.45, 2.75) is 40.5 Å². The minimum atomic E-state index is 0.464. The van der Waals surface area contributed by atoms with E-state index in [9.17, 15) is 0 Å². The molecule has 0 radical (unpaired) electrons. The lowest BCUT2D eigenvalue weighted by molar-refractivity contribution is 0.954. The van der Waals surface area contributed by atoms with Gasteiger partial charge >= 0.3 is 0 Å². The molecule has 1 unspecified atom stereocenters. The Labute approximate surface area is 88.7 Å². The van der Waals surface area contributed by atoms with Gasteiger partial charge in [0.05, 0.1) is 0 Å². The zero-order valence-corrected chi connectivity index (χ0v) is 10.1. The first-order valence-electron chi connectivity index (χ1n) is 5.35. The van der Waals surface area contributed by atoms with Gasteiger partial charge in [-0.1, -0.05) is 50.6 Å². The fourth-order valence-electron chi connectivity index (χ4n) is 1.46. The Hall–Kier alpha value is -1.04. The van der Waals surface area contributed by atoms with Gasteiger partial charge in [0.2, 0.25) is 0 Å². The van der Waals surface area contributed by atoms with Crippen LogP contribution in [-0.2, 0) is 0 Å². The number of rotatable bonds is 2. The number of benzene rings is 1. The van der Waals surface area contributed by atoms with Crippen LogP contribution in [0.2, 0.25) is 0 Å². The van der Waals surface area contributed by atoms with Gasteiger partial charge in [-0.15, -0.1) is 6.58 Å². The van der Waals surface area contributed by atoms with Crippen molar-refractivity contribution in [3.63, 3.8) is 0 Å². The van der Waals surface area contributed by atoms with E-state index in [2.05, 4.69) is 45.5 Å². The lowest BCUT2D eigenvalue weighted by atomic mass is 9.95. The third kappa shape index (κ3) is 3.37. The highest BCUT2D eigenvalue weighted by molar-refractivity contribution is 5.34. The minimum absolute atomic E-state index is 0.464. The van der Waals surface area contributed by atoms with Crippen molar-refractivity contribution < 1.29 is 0 Å². The molecule has 0 aliphatic heterocycles. The summed E-state index contributed by atoms with van der Waals surface area (Å²) in [6, 6.07) is 6.56. The quantitative estimate of drug-likeness (QED) is 0.597. The van der Waals surface area contributed by atoms with Gasteiger partial charge in [0, 0.05) is 0 Å². The molecule has 1 atom stereocenters. The topological polar surface area (TPSA) is 0 Å². The number of hydrogen-bond donors (Lipinski definition) is 0. The molecule has 0 heterocycles. The van der Waals surface area contributed by atoms with Crippen molar-refractivity contribution in [1.82, 2.24) is 0 Å². The van der Waals surface area contributed by atoms with Crippen LogP contribution < -0.4 is 0 Å². The molecule has 0 heteroatoms. The average Bonchev–Trinajstić information content (AvgIpc) is 2.20. The summed E-state index contributed by atoms with van der Waals surface area (Å²) >= 11 is 0. The van der Waals surface area contributed by atoms with Gasteiger partial charge in [0.25, 0.3) is 0 Å². The van der Waals surface area contributed by atoms with Crippen LogP contribution in [0.25, 0.3) is 0 Å². The molecule has 0 spiro atoms. The van der Waals surface area contributed by atoms with Gasteiger partial charge in [-0.2, -0.15) is 0 Å². The van der Waals surface area contributed by atoms with E-state index in [-0.39, 0.29) is 0 Å². The van der Waals surface area contributed by atoms with Crippen molar-refractivity contribution in [1.29, 1.82) is 0 Å². The molecule has 14 heavy (non-hydrogen) atoms. The Morgan fingerprint density at radius 1 is 1.21 bits per heavy atom. The van der Waals surface area contributed by atoms with Gasteiger partial charge in [-0.25, -0.2) is 0 Å². The SMILES string of the molecule is C=CC(C)c1ccc(C)cc1C.CC. The lowest BCUT2D eigenvalue weighted by Crippen LogP contribution is -1.92. The van der Waals surface area contributed by atoms with Crippen LogP contribution in [-0.4, -0.2) is 0 Å². The maximum Gasteiger partial charge on any atom is -0.00105 e. The summed E-state index contributed by atoms with van der Waals surface area (Å²) in [6.45, 7) is 14.2. The zero-order chi connectivity index (χ0) is 11.1. The second-order valence-corrected chi connectivity index (χ2v) is 3.38. The van der Waals surface area contributed by atoms with E-state index >= 15 is 0 Å². The van der Waals surface area contributed by atoms with Crippen molar-refractivity contribution in [3.05, 3.63) is 47.5 Å². The molecule has 0 amide bonds. The zero-order valence-electron chi connectivity index (χ0n) is 10.1. The van der Waals surface area contributed by atoms with Crippen LogP contribution in [0.1, 0.15) is 43.4 Å². The van der Waals surface area contributed by atoms with Gasteiger partial charge < -0.3 is 0 Å². The van der Waals surface area contributed by atoms with E-state index in [4.69, 9.17) is 0 Å². The van der Waals surface area contributed by atoms with E-state index in [1.807, 2.05) is 19.9 Å². The van der Waals surface area contributed by atoms with Crippen LogP contribution in [0.4, 0.5) is 0 Å². The van der Waals surface area contributed by atoms with Crippen LogP contribution in [0.15, 0.2) is 30.9 Å². The molecule has 78 valence electrons. The Morgan fingerprint density at radius 3 is 2.21 bits per heavy atom. The fourth-order valence-corrected chi connectivity index (χ4v) is 1.46. The highest BCUT2D eigenvalue weighted by Gasteiger charge is 2.03. The summed E-state index contributed by atoms with van der Waals surface area (Å²) in [6.07, 6.45) is 1.98. The molecule has 0 saturated heterocycles. The van der Waals surface area contributed by atoms with Crippen LogP contribution >= 0.6 is 0 Å². The van der Waals surface area contributed by atoms with E-state index in [0.29, 0.717) is 5.92 Å². The van der Waals surface area contributed by atoms with E-state index in [1.165, 1.54) is 16.7 Å². The van der Waals surface area contributed by atoms with Crippen molar-refractivity contribution >= 4 is 0 Å². The number of aryl methyl sites for hydroxylation is 2. The summed E-state index contributed by atoms with van der Waals surface area (Å²) in [7, 11) is 0. The van der Waals surface area contributed by atoms with Crippen LogP contribution in [0, 0.1) is 13.8 Å². The molecule has 0 bridgehead atoms. The molecule has 0 N–H and O–H groups in total. The van der Waals surface area contributed by atoms with Gasteiger partial charge in [0.1, 0.15) is 0 Å². The standard InChI is InChI=1S/C12H16.C2H6/c1-5-10(3)12-7-6-9(2)8-11(12)4;1-2/h5-8,10H,1H2,2-4H3;1-2H3. The van der Waals surface area contributed by atoms with Gasteiger partial charge in [-0.3, -0.25) is 0 Å². The van der Waals surface area contributed by atoms with E-state index in [1.54, 1.807) is 0 Å². The third-order valence-corrected chi connectivity index (χ3v) is 2.27. The molecular weight excluding hydrogens is 168 g/mol. The molecular formula is C14H22. The minimum Gasteiger partial charge on any atom is -0.102 e. The molecule has 0 saturated carbocycles. The van der Waals surface area contributed by atoms with Crippen molar-refractivity contribution in [3.8, 4) is 0 Å². The monoisotopic (exact) mass is 190 g/mol. The van der Waals surface area contributed by atoms with E-state index in [0.717, 1.165) is 0 Å². The maximum atomic E-state index is 3.80. The van der Waals surface area contributed by atoms with E-state index < -0.39 is 0 Å². The summed E-state index contributed by atoms with van der Waals surface area (Å²) < 4.78 is 0. The molecule has 0 aliphatic rings. The molecule has 0 nitrogen and oxygen atoms in total. The lowest BCUT2D eigenvalue weighted by Gasteiger charge is -2.10. The Balaban J connectivity index is 0.000000791. The highest BCUT2D eigenvalue weighted by Crippen LogP contribution is 2.20. The second kappa shape index (κ2) is 6.42. The Bertz CT molecular complexity index is 284. The summed E-state index contributed by atoms with van der Waals surface area (Å²) in [5.74, 6) is 0.464. The average molecular weight is 190 g/mol. The summed E-state index contributed by atoms with van der Waals surface area (Å²) in [4.78, 5) is 0. The van der Waals surface area contributed by atoms with Crippen LogP contribution in [0.5, 0.6) is 0 Å². The molecule has 1 aromatic carbocycles. The van der Waals surface area contributed by atoms with Crippen molar-refractivity contribution in [2.75, 3.05) is 0 Å². The predicted octanol–water partition coefficient (Wildman–Crippen LogP) is 4.62. The second-order valence-electron chi connectivity index (χ2n) is 3.38. The molecule has 0 aliphatic carbocycles. The summed E-state index contributed by atoms with van der Waals surface area (Å²) in [5.41, 5.74) is 4.07. The Morgan fingerprint density at radius 2 is 1.79 bits per heavy atom. The summed E-state index contributed by atoms with van der Waals surface area (Å²) in [5, 5.41) is 0. The van der Waals surface area contributed by atoms with Crippen molar-refractivity contribution in [2.24, 2.45) is 0 Å². The first kappa shape index (κ1) is 13.0. The normalized spacial score (nSPS) is 11.2. The molecule has 0 fully saturated rings. The third-order valence-electron chi connectivity index (χ3n) is 2.27. The highest BCUT2D eigenvalue weighted by atomic mass is 14.1. The van der Waals surface area contributed by atoms with Gasteiger partial charge in [-0.05, 0) is 30.9 Å². The molecule has 1 rings (SSSR count). The number of allylic oxidation sites excluding steroid dienone is 1. The Kier molecular flexibility index (Phi) is 5.94. The molecule has 0 aromatic heterocycles. The van der Waals surface area contributed by atoms with Crippen LogP contribution in [0.3, 0.4) is 0 Å². The largest absolute Gasteiger partial charge is 0.102 e. The number of hydrogen-bond acceptors (Lipinski definition) is 0. The smallest absolute Gasteiger partial charge is 0.00105 e. The van der Waals surface area contributed by atoms with Gasteiger partial charge in [0.15, 0.2) is 0 Å². The first-order chi connectivity index (χ1) is 6.65.